The number of anilines is 1. The Morgan fingerprint density at radius 1 is 1.16 bits per heavy atom. The molecule has 0 spiro atoms. The number of hydrogen-bond acceptors (Lipinski definition) is 4. The largest absolute Gasteiger partial charge is 0.369 e. The third kappa shape index (κ3) is 2.96. The molecule has 1 atom stereocenters. The van der Waals surface area contributed by atoms with Gasteiger partial charge in [-0.15, -0.1) is 10.2 Å². The van der Waals surface area contributed by atoms with Gasteiger partial charge in [0, 0.05) is 25.2 Å². The molecule has 1 aromatic rings. The summed E-state index contributed by atoms with van der Waals surface area (Å²) >= 11 is 12.0. The maximum Gasteiger partial charge on any atom is 0.175 e. The summed E-state index contributed by atoms with van der Waals surface area (Å²) in [6.45, 7) is 3.22. The second-order valence-electron chi connectivity index (χ2n) is 5.37. The third-order valence-electron chi connectivity index (χ3n) is 4.25. The monoisotopic (exact) mass is 300 g/mol. The summed E-state index contributed by atoms with van der Waals surface area (Å²) in [5, 5.41) is 12.1. The van der Waals surface area contributed by atoms with Crippen LogP contribution in [0, 0.1) is 5.92 Å². The van der Waals surface area contributed by atoms with Crippen molar-refractivity contribution < 1.29 is 0 Å². The number of halogens is 2. The maximum absolute atomic E-state index is 6.11. The number of hydrogen-bond donors (Lipinski definition) is 1. The molecule has 1 unspecified atom stereocenters. The molecule has 2 aliphatic rings. The molecule has 4 nitrogen and oxygen atoms in total. The van der Waals surface area contributed by atoms with Crippen molar-refractivity contribution in [1.82, 2.24) is 15.5 Å². The Hall–Kier alpha value is -0.580. The van der Waals surface area contributed by atoms with Crippen molar-refractivity contribution in [2.24, 2.45) is 5.92 Å². The van der Waals surface area contributed by atoms with Crippen molar-refractivity contribution in [2.75, 3.05) is 24.5 Å². The Labute approximate surface area is 123 Å². The number of piperidine rings is 1. The molecule has 0 amide bonds. The van der Waals surface area contributed by atoms with Gasteiger partial charge in [-0.1, -0.05) is 23.2 Å². The summed E-state index contributed by atoms with van der Waals surface area (Å²) in [6, 6.07) is 2.53. The zero-order valence-corrected chi connectivity index (χ0v) is 12.3. The van der Waals surface area contributed by atoms with Gasteiger partial charge in [0.1, 0.15) is 0 Å². The quantitative estimate of drug-likeness (QED) is 0.912. The van der Waals surface area contributed by atoms with E-state index < -0.39 is 0 Å². The van der Waals surface area contributed by atoms with Crippen molar-refractivity contribution >= 4 is 28.9 Å². The van der Waals surface area contributed by atoms with Crippen LogP contribution >= 0.6 is 23.2 Å². The summed E-state index contributed by atoms with van der Waals surface area (Å²) in [4.78, 5) is 2.27. The minimum atomic E-state index is 0.402. The van der Waals surface area contributed by atoms with Gasteiger partial charge < -0.3 is 10.2 Å². The van der Waals surface area contributed by atoms with Gasteiger partial charge in [0.05, 0.1) is 5.69 Å². The lowest BCUT2D eigenvalue weighted by molar-refractivity contribution is 0.319. The molecule has 19 heavy (non-hydrogen) atoms. The molecular weight excluding hydrogens is 283 g/mol. The van der Waals surface area contributed by atoms with E-state index in [2.05, 4.69) is 20.4 Å². The molecule has 0 radical (unpaired) electrons. The van der Waals surface area contributed by atoms with E-state index in [0.717, 1.165) is 30.7 Å². The van der Waals surface area contributed by atoms with Crippen LogP contribution in [0.15, 0.2) is 6.07 Å². The van der Waals surface area contributed by atoms with E-state index in [0.29, 0.717) is 10.3 Å². The lowest BCUT2D eigenvalue weighted by atomic mass is 9.88. The van der Waals surface area contributed by atoms with Crippen molar-refractivity contribution in [3.63, 3.8) is 0 Å². The molecule has 2 saturated heterocycles. The SMILES string of the molecule is Clc1cc(N2CCC(C3CCCN3)CC2)c(Cl)nn1. The van der Waals surface area contributed by atoms with Crippen LogP contribution in [-0.2, 0) is 0 Å². The van der Waals surface area contributed by atoms with E-state index in [1.807, 2.05) is 6.07 Å². The molecule has 0 aromatic carbocycles. The number of rotatable bonds is 2. The minimum Gasteiger partial charge on any atom is -0.369 e. The van der Waals surface area contributed by atoms with Crippen LogP contribution in [0.1, 0.15) is 25.7 Å². The molecule has 0 saturated carbocycles. The number of nitrogens with zero attached hydrogens (tertiary/aromatic N) is 3. The highest BCUT2D eigenvalue weighted by atomic mass is 35.5. The number of aromatic nitrogens is 2. The fraction of sp³-hybridized carbons (Fsp3) is 0.692. The van der Waals surface area contributed by atoms with E-state index in [-0.39, 0.29) is 0 Å². The Balaban J connectivity index is 1.64. The lowest BCUT2D eigenvalue weighted by Crippen LogP contribution is -2.41. The van der Waals surface area contributed by atoms with Crippen LogP contribution in [0.2, 0.25) is 10.3 Å². The summed E-state index contributed by atoms with van der Waals surface area (Å²) < 4.78 is 0. The predicted octanol–water partition coefficient (Wildman–Crippen LogP) is 2.75. The first-order chi connectivity index (χ1) is 9.24. The molecule has 2 fully saturated rings. The highest BCUT2D eigenvalue weighted by molar-refractivity contribution is 6.33. The third-order valence-corrected chi connectivity index (χ3v) is 4.70. The topological polar surface area (TPSA) is 41.0 Å². The first-order valence-electron chi connectivity index (χ1n) is 6.91. The van der Waals surface area contributed by atoms with E-state index in [1.54, 1.807) is 0 Å². The summed E-state index contributed by atoms with van der Waals surface area (Å²) in [7, 11) is 0. The molecular formula is C13H18Cl2N4. The standard InChI is InChI=1S/C13H18Cl2N4/c14-12-8-11(13(15)18-17-12)19-6-3-9(4-7-19)10-2-1-5-16-10/h8-10,16H,1-7H2. The van der Waals surface area contributed by atoms with E-state index in [4.69, 9.17) is 23.2 Å². The average molecular weight is 301 g/mol. The first-order valence-corrected chi connectivity index (χ1v) is 7.66. The first kappa shape index (κ1) is 13.4. The molecule has 0 aliphatic carbocycles. The smallest absolute Gasteiger partial charge is 0.175 e. The van der Waals surface area contributed by atoms with E-state index >= 15 is 0 Å². The molecule has 2 aliphatic heterocycles. The van der Waals surface area contributed by atoms with Crippen LogP contribution in [0.3, 0.4) is 0 Å². The van der Waals surface area contributed by atoms with Gasteiger partial charge in [-0.25, -0.2) is 0 Å². The highest BCUT2D eigenvalue weighted by Crippen LogP contribution is 2.31. The summed E-state index contributed by atoms with van der Waals surface area (Å²) in [5.74, 6) is 0.794. The molecule has 104 valence electrons. The molecule has 6 heteroatoms. The van der Waals surface area contributed by atoms with Gasteiger partial charge in [0.2, 0.25) is 0 Å². The van der Waals surface area contributed by atoms with Crippen LogP contribution in [0.4, 0.5) is 5.69 Å². The lowest BCUT2D eigenvalue weighted by Gasteiger charge is -2.36. The van der Waals surface area contributed by atoms with Gasteiger partial charge >= 0.3 is 0 Å². The van der Waals surface area contributed by atoms with Crippen LogP contribution in [0.5, 0.6) is 0 Å². The predicted molar refractivity (Wildman–Crippen MR) is 78.0 cm³/mol. The Bertz CT molecular complexity index is 440. The van der Waals surface area contributed by atoms with Gasteiger partial charge in [-0.2, -0.15) is 0 Å². The highest BCUT2D eigenvalue weighted by Gasteiger charge is 2.29. The Kier molecular flexibility index (Phi) is 4.10. The molecule has 1 aromatic heterocycles. The fourth-order valence-corrected chi connectivity index (χ4v) is 3.58. The summed E-state index contributed by atoms with van der Waals surface area (Å²) in [5.41, 5.74) is 0.916. The maximum atomic E-state index is 6.11. The van der Waals surface area contributed by atoms with Crippen LogP contribution in [0.25, 0.3) is 0 Å². The van der Waals surface area contributed by atoms with E-state index in [9.17, 15) is 0 Å². The second kappa shape index (κ2) is 5.81. The van der Waals surface area contributed by atoms with Crippen molar-refractivity contribution in [3.8, 4) is 0 Å². The van der Waals surface area contributed by atoms with Gasteiger partial charge in [-0.3, -0.25) is 0 Å². The molecule has 3 rings (SSSR count). The van der Waals surface area contributed by atoms with Crippen molar-refractivity contribution in [2.45, 2.75) is 31.7 Å². The normalized spacial score (nSPS) is 24.9. The van der Waals surface area contributed by atoms with E-state index in [1.165, 1.54) is 32.2 Å². The molecule has 1 N–H and O–H groups in total. The zero-order chi connectivity index (χ0) is 13.2. The van der Waals surface area contributed by atoms with Gasteiger partial charge in [0.15, 0.2) is 10.3 Å². The molecule has 3 heterocycles. The van der Waals surface area contributed by atoms with Crippen molar-refractivity contribution in [1.29, 1.82) is 0 Å². The second-order valence-corrected chi connectivity index (χ2v) is 6.12. The van der Waals surface area contributed by atoms with Crippen molar-refractivity contribution in [3.05, 3.63) is 16.4 Å². The number of nitrogens with one attached hydrogen (secondary N) is 1. The zero-order valence-electron chi connectivity index (χ0n) is 10.8. The van der Waals surface area contributed by atoms with Crippen LogP contribution in [-0.4, -0.2) is 35.9 Å². The minimum absolute atomic E-state index is 0.402. The van der Waals surface area contributed by atoms with Gasteiger partial charge in [-0.05, 0) is 38.1 Å². The average Bonchev–Trinajstić information content (AvgIpc) is 2.96. The van der Waals surface area contributed by atoms with Gasteiger partial charge in [0.25, 0.3) is 0 Å². The fourth-order valence-electron chi connectivity index (χ4n) is 3.22. The molecule has 0 bridgehead atoms. The Morgan fingerprint density at radius 3 is 2.63 bits per heavy atom. The summed E-state index contributed by atoms with van der Waals surface area (Å²) in [6.07, 6.45) is 5.05. The van der Waals surface area contributed by atoms with Crippen LogP contribution < -0.4 is 10.2 Å². The Morgan fingerprint density at radius 2 is 1.95 bits per heavy atom.